The summed E-state index contributed by atoms with van der Waals surface area (Å²) in [6.45, 7) is 0.731. The van der Waals surface area contributed by atoms with E-state index in [-0.39, 0.29) is 5.56 Å². The first-order valence-corrected chi connectivity index (χ1v) is 7.20. The lowest BCUT2D eigenvalue weighted by molar-refractivity contribution is 0.589. The molecule has 0 N–H and O–H groups in total. The largest absolute Gasteiger partial charge is 0.313 e. The predicted octanol–water partition coefficient (Wildman–Crippen LogP) is 2.46. The molecule has 0 aliphatic rings. The number of nitrogens with zero attached hydrogens (tertiary/aromatic N) is 3. The van der Waals surface area contributed by atoms with Crippen molar-refractivity contribution in [2.24, 2.45) is 0 Å². The fourth-order valence-electron chi connectivity index (χ4n) is 1.64. The molecule has 0 radical (unpaired) electrons. The Labute approximate surface area is 114 Å². The third-order valence-corrected chi connectivity index (χ3v) is 3.81. The van der Waals surface area contributed by atoms with Crippen LogP contribution in [0.5, 0.6) is 0 Å². The van der Waals surface area contributed by atoms with Crippen molar-refractivity contribution < 1.29 is 0 Å². The van der Waals surface area contributed by atoms with Gasteiger partial charge in [0.2, 0.25) is 0 Å². The molecule has 0 amide bonds. The Balaban J connectivity index is 1.76. The highest BCUT2D eigenvalue weighted by atomic mass is 35.5. The van der Waals surface area contributed by atoms with Gasteiger partial charge in [-0.05, 0) is 19.3 Å². The molecular formula is C12H14ClN3OS. The molecule has 0 spiro atoms. The van der Waals surface area contributed by atoms with Crippen molar-refractivity contribution in [2.75, 3.05) is 0 Å². The maximum absolute atomic E-state index is 11.4. The molecule has 0 aliphatic heterocycles. The Kier molecular flexibility index (Phi) is 4.90. The van der Waals surface area contributed by atoms with E-state index in [9.17, 15) is 4.79 Å². The van der Waals surface area contributed by atoms with Gasteiger partial charge in [0.1, 0.15) is 0 Å². The van der Waals surface area contributed by atoms with Gasteiger partial charge >= 0.3 is 0 Å². The molecule has 0 saturated heterocycles. The van der Waals surface area contributed by atoms with Crippen LogP contribution in [0.1, 0.15) is 23.5 Å². The third-order valence-electron chi connectivity index (χ3n) is 2.58. The van der Waals surface area contributed by atoms with Crippen LogP contribution in [0.4, 0.5) is 0 Å². The first kappa shape index (κ1) is 13.2. The highest BCUT2D eigenvalue weighted by molar-refractivity contribution is 7.09. The molecule has 0 bridgehead atoms. The quantitative estimate of drug-likeness (QED) is 0.604. The summed E-state index contributed by atoms with van der Waals surface area (Å²) in [6.07, 6.45) is 7.62. The van der Waals surface area contributed by atoms with Crippen molar-refractivity contribution in [2.45, 2.75) is 31.7 Å². The molecule has 2 aromatic heterocycles. The Morgan fingerprint density at radius 3 is 3.00 bits per heavy atom. The van der Waals surface area contributed by atoms with Crippen molar-refractivity contribution in [1.29, 1.82) is 0 Å². The average molecular weight is 284 g/mol. The molecule has 6 heteroatoms. The first-order valence-electron chi connectivity index (χ1n) is 5.79. The Morgan fingerprint density at radius 1 is 1.39 bits per heavy atom. The molecule has 2 heterocycles. The van der Waals surface area contributed by atoms with Crippen LogP contribution >= 0.6 is 22.9 Å². The Morgan fingerprint density at radius 2 is 2.28 bits per heavy atom. The third kappa shape index (κ3) is 3.65. The smallest absolute Gasteiger partial charge is 0.268 e. The molecule has 0 aromatic carbocycles. The van der Waals surface area contributed by atoms with Gasteiger partial charge in [0, 0.05) is 24.3 Å². The fraction of sp³-hybridized carbons (Fsp3) is 0.417. The molecular weight excluding hydrogens is 270 g/mol. The zero-order chi connectivity index (χ0) is 12.8. The summed E-state index contributed by atoms with van der Waals surface area (Å²) < 4.78 is 1.68. The molecule has 0 saturated carbocycles. The lowest BCUT2D eigenvalue weighted by Crippen LogP contribution is -2.18. The molecule has 4 nitrogen and oxygen atoms in total. The summed E-state index contributed by atoms with van der Waals surface area (Å²) in [6, 6.07) is 0. The number of aryl methyl sites for hydroxylation is 2. The zero-order valence-electron chi connectivity index (χ0n) is 9.88. The lowest BCUT2D eigenvalue weighted by atomic mass is 10.2. The van der Waals surface area contributed by atoms with Crippen LogP contribution < -0.4 is 5.56 Å². The van der Waals surface area contributed by atoms with Crippen LogP contribution in [0, 0.1) is 0 Å². The monoisotopic (exact) mass is 283 g/mol. The number of halogens is 1. The van der Waals surface area contributed by atoms with E-state index in [0.29, 0.717) is 5.88 Å². The van der Waals surface area contributed by atoms with Crippen molar-refractivity contribution >= 4 is 22.9 Å². The van der Waals surface area contributed by atoms with Gasteiger partial charge in [-0.2, -0.15) is 0 Å². The highest BCUT2D eigenvalue weighted by Gasteiger charge is 2.01. The van der Waals surface area contributed by atoms with E-state index >= 15 is 0 Å². The molecule has 0 atom stereocenters. The van der Waals surface area contributed by atoms with E-state index in [1.165, 1.54) is 6.20 Å². The van der Waals surface area contributed by atoms with Gasteiger partial charge < -0.3 is 4.57 Å². The summed E-state index contributed by atoms with van der Waals surface area (Å²) in [5.74, 6) is 0.475. The number of hydrogen-bond acceptors (Lipinski definition) is 4. The molecule has 18 heavy (non-hydrogen) atoms. The number of rotatable bonds is 6. The summed E-state index contributed by atoms with van der Waals surface area (Å²) in [5, 5.41) is 3.11. The molecule has 0 unspecified atom stereocenters. The second-order valence-electron chi connectivity index (χ2n) is 3.93. The lowest BCUT2D eigenvalue weighted by Gasteiger charge is -2.03. The Hall–Kier alpha value is -1.20. The van der Waals surface area contributed by atoms with Gasteiger partial charge in [0.05, 0.1) is 22.8 Å². The molecule has 0 aliphatic carbocycles. The number of thiazole rings is 1. The highest BCUT2D eigenvalue weighted by Crippen LogP contribution is 2.14. The first-order chi connectivity index (χ1) is 8.79. The summed E-state index contributed by atoms with van der Waals surface area (Å²) >= 11 is 7.35. The minimum absolute atomic E-state index is 0.0452. The second kappa shape index (κ2) is 6.66. The van der Waals surface area contributed by atoms with Crippen LogP contribution in [0.3, 0.4) is 0 Å². The summed E-state index contributed by atoms with van der Waals surface area (Å²) in [7, 11) is 0. The number of unbranched alkanes of at least 4 members (excludes halogenated alkanes) is 1. The number of hydrogen-bond donors (Lipinski definition) is 0. The molecule has 0 fully saturated rings. The van der Waals surface area contributed by atoms with Crippen LogP contribution in [0.25, 0.3) is 0 Å². The average Bonchev–Trinajstić information content (AvgIpc) is 2.84. The SMILES string of the molecule is O=c1cnccn1CCCCc1nc(CCl)cs1. The van der Waals surface area contributed by atoms with Gasteiger partial charge in [0.15, 0.2) is 0 Å². The van der Waals surface area contributed by atoms with Crippen LogP contribution in [0.2, 0.25) is 0 Å². The van der Waals surface area contributed by atoms with Gasteiger partial charge in [-0.25, -0.2) is 4.98 Å². The van der Waals surface area contributed by atoms with Crippen molar-refractivity contribution in [3.8, 4) is 0 Å². The van der Waals surface area contributed by atoms with E-state index in [4.69, 9.17) is 11.6 Å². The van der Waals surface area contributed by atoms with Crippen molar-refractivity contribution in [3.05, 3.63) is 45.0 Å². The fourth-order valence-corrected chi connectivity index (χ4v) is 2.71. The minimum atomic E-state index is -0.0452. The van der Waals surface area contributed by atoms with E-state index in [1.54, 1.807) is 28.3 Å². The minimum Gasteiger partial charge on any atom is -0.313 e. The van der Waals surface area contributed by atoms with Crippen molar-refractivity contribution in [3.63, 3.8) is 0 Å². The van der Waals surface area contributed by atoms with Crippen LogP contribution in [-0.2, 0) is 18.8 Å². The van der Waals surface area contributed by atoms with Gasteiger partial charge in [-0.1, -0.05) is 0 Å². The van der Waals surface area contributed by atoms with E-state index in [0.717, 1.165) is 36.5 Å². The van der Waals surface area contributed by atoms with E-state index in [2.05, 4.69) is 9.97 Å². The predicted molar refractivity (Wildman–Crippen MR) is 73.1 cm³/mol. The number of aromatic nitrogens is 3. The normalized spacial score (nSPS) is 10.7. The van der Waals surface area contributed by atoms with Crippen LogP contribution in [0.15, 0.2) is 28.8 Å². The molecule has 2 aromatic rings. The topological polar surface area (TPSA) is 47.8 Å². The molecule has 2 rings (SSSR count). The summed E-state index contributed by atoms with van der Waals surface area (Å²) in [4.78, 5) is 19.6. The van der Waals surface area contributed by atoms with Gasteiger partial charge in [-0.15, -0.1) is 22.9 Å². The van der Waals surface area contributed by atoms with E-state index < -0.39 is 0 Å². The van der Waals surface area contributed by atoms with E-state index in [1.807, 2.05) is 5.38 Å². The second-order valence-corrected chi connectivity index (χ2v) is 5.14. The maximum atomic E-state index is 11.4. The van der Waals surface area contributed by atoms with Crippen LogP contribution in [-0.4, -0.2) is 14.5 Å². The number of alkyl halides is 1. The van der Waals surface area contributed by atoms with Gasteiger partial charge in [-0.3, -0.25) is 9.78 Å². The Bertz CT molecular complexity index is 552. The van der Waals surface area contributed by atoms with Gasteiger partial charge in [0.25, 0.3) is 5.56 Å². The standard InChI is InChI=1S/C12H14ClN3OS/c13-7-10-9-18-11(15-10)3-1-2-5-16-6-4-14-8-12(16)17/h4,6,8-9H,1-3,5,7H2. The maximum Gasteiger partial charge on any atom is 0.268 e. The summed E-state index contributed by atoms with van der Waals surface area (Å²) in [5.41, 5.74) is 0.901. The van der Waals surface area contributed by atoms with Crippen molar-refractivity contribution in [1.82, 2.24) is 14.5 Å². The zero-order valence-corrected chi connectivity index (χ0v) is 11.5. The molecule has 96 valence electrons.